The summed E-state index contributed by atoms with van der Waals surface area (Å²) in [5.74, 6) is -2.41. The number of ether oxygens (including phenoxy) is 2. The number of carbonyl (C=O) groups is 4. The lowest BCUT2D eigenvalue weighted by atomic mass is 9.45. The van der Waals surface area contributed by atoms with Gasteiger partial charge in [0, 0.05) is 36.3 Å². The Morgan fingerprint density at radius 3 is 2.20 bits per heavy atom. The van der Waals surface area contributed by atoms with Crippen LogP contribution in [-0.4, -0.2) is 110 Å². The molecular formula is C40H66FN5O8. The number of hydrogen-bond acceptors (Lipinski definition) is 11. The van der Waals surface area contributed by atoms with Crippen LogP contribution < -0.4 is 27.0 Å². The summed E-state index contributed by atoms with van der Waals surface area (Å²) in [4.78, 5) is 50.1. The summed E-state index contributed by atoms with van der Waals surface area (Å²) in [5.41, 5.74) is -0.166. The molecule has 14 heteroatoms. The van der Waals surface area contributed by atoms with Gasteiger partial charge in [-0.05, 0) is 122 Å². The van der Waals surface area contributed by atoms with Crippen LogP contribution in [0.25, 0.3) is 0 Å². The number of allylic oxidation sites excluding steroid dienone is 4. The minimum Gasteiger partial charge on any atom is -0.450 e. The molecule has 0 aromatic carbocycles. The molecule has 2 amide bonds. The highest BCUT2D eigenvalue weighted by Gasteiger charge is 2.75. The van der Waals surface area contributed by atoms with Crippen LogP contribution in [0.3, 0.4) is 0 Å². The summed E-state index contributed by atoms with van der Waals surface area (Å²) in [7, 11) is 0. The molecule has 0 aromatic heterocycles. The molecule has 2 fully saturated rings. The summed E-state index contributed by atoms with van der Waals surface area (Å²) in [6, 6.07) is 0. The zero-order valence-electron chi connectivity index (χ0n) is 32.7. The number of aliphatic hydroxyl groups excluding tert-OH is 1. The monoisotopic (exact) mass is 763 g/mol. The predicted octanol–water partition coefficient (Wildman–Crippen LogP) is 3.61. The number of aliphatic hydroxyl groups is 2. The van der Waals surface area contributed by atoms with Crippen LogP contribution in [0.4, 0.5) is 14.0 Å². The molecule has 0 aliphatic heterocycles. The largest absolute Gasteiger partial charge is 0.450 e. The molecule has 54 heavy (non-hydrogen) atoms. The molecule has 4 aliphatic rings. The molecule has 0 aromatic rings. The van der Waals surface area contributed by atoms with Gasteiger partial charge in [-0.2, -0.15) is 0 Å². The van der Waals surface area contributed by atoms with Crippen molar-refractivity contribution in [1.82, 2.24) is 21.3 Å². The third kappa shape index (κ3) is 9.54. The second-order valence-electron chi connectivity index (χ2n) is 16.3. The number of nitrogens with one attached hydrogen (secondary N) is 4. The van der Waals surface area contributed by atoms with Crippen LogP contribution in [0.2, 0.25) is 0 Å². The number of ketones is 2. The third-order valence-corrected chi connectivity index (χ3v) is 12.8. The van der Waals surface area contributed by atoms with E-state index in [1.54, 1.807) is 26.8 Å². The maximum Gasteiger partial charge on any atom is 0.407 e. The van der Waals surface area contributed by atoms with Crippen LogP contribution in [0.5, 0.6) is 0 Å². The van der Waals surface area contributed by atoms with Crippen molar-refractivity contribution in [2.45, 2.75) is 115 Å². The highest BCUT2D eigenvalue weighted by Crippen LogP contribution is 2.70. The van der Waals surface area contributed by atoms with Gasteiger partial charge in [0.2, 0.25) is 5.78 Å². The first-order valence-corrected chi connectivity index (χ1v) is 20.2. The van der Waals surface area contributed by atoms with Crippen molar-refractivity contribution in [3.8, 4) is 0 Å². The number of Topliss-reactive ketones (excluding diaryl/α,β-unsaturated/α-hetero) is 1. The Kier molecular flexibility index (Phi) is 16.1. The number of rotatable bonds is 22. The van der Waals surface area contributed by atoms with Gasteiger partial charge in [0.15, 0.2) is 18.1 Å². The molecule has 2 saturated carbocycles. The van der Waals surface area contributed by atoms with Crippen molar-refractivity contribution < 1.29 is 43.3 Å². The van der Waals surface area contributed by atoms with Gasteiger partial charge < -0.3 is 46.7 Å². The van der Waals surface area contributed by atoms with Gasteiger partial charge in [0.1, 0.15) is 5.60 Å². The fourth-order valence-electron chi connectivity index (χ4n) is 9.71. The second kappa shape index (κ2) is 19.8. The van der Waals surface area contributed by atoms with Crippen LogP contribution >= 0.6 is 0 Å². The number of carbonyl (C=O) groups excluding carboxylic acids is 4. The minimum absolute atomic E-state index is 0.0993. The topological polar surface area (TPSA) is 201 Å². The van der Waals surface area contributed by atoms with Crippen molar-refractivity contribution in [2.75, 3.05) is 59.0 Å². The lowest BCUT2D eigenvalue weighted by molar-refractivity contribution is -0.215. The first kappa shape index (κ1) is 43.8. The quantitative estimate of drug-likeness (QED) is 0.0628. The van der Waals surface area contributed by atoms with E-state index in [4.69, 9.17) is 15.2 Å². The van der Waals surface area contributed by atoms with E-state index in [1.807, 2.05) is 6.08 Å². The average molecular weight is 764 g/mol. The summed E-state index contributed by atoms with van der Waals surface area (Å²) in [6.45, 7) is 10.2. The molecule has 8 N–H and O–H groups in total. The molecular weight excluding hydrogens is 697 g/mol. The predicted molar refractivity (Wildman–Crippen MR) is 203 cm³/mol. The van der Waals surface area contributed by atoms with Crippen molar-refractivity contribution in [3.63, 3.8) is 0 Å². The first-order chi connectivity index (χ1) is 25.8. The number of nitrogens with two attached hydrogens (primary N) is 1. The Hall–Kier alpha value is -2.91. The highest BCUT2D eigenvalue weighted by molar-refractivity contribution is 5.94. The lowest BCUT2D eigenvalue weighted by Gasteiger charge is -2.62. The summed E-state index contributed by atoms with van der Waals surface area (Å²) in [6.07, 6.45) is 9.83. The molecule has 0 saturated heterocycles. The SMILES string of the molecule is C[C@@H]1CC2C3CC=C4CC(=O)C=CC4(C)[C@@]3(F)C(O)CC2(C)[C@@]1(O)C(=O)COC(=O)NCCCCCCOC(=O)NCCCNCCCCNCCCN. The molecule has 0 radical (unpaired) electrons. The van der Waals surface area contributed by atoms with E-state index < -0.39 is 70.5 Å². The van der Waals surface area contributed by atoms with E-state index in [0.29, 0.717) is 57.5 Å². The maximum absolute atomic E-state index is 17.4. The van der Waals surface area contributed by atoms with Gasteiger partial charge >= 0.3 is 12.2 Å². The van der Waals surface area contributed by atoms with Crippen molar-refractivity contribution in [1.29, 1.82) is 0 Å². The van der Waals surface area contributed by atoms with Crippen LogP contribution in [-0.2, 0) is 19.1 Å². The zero-order chi connectivity index (χ0) is 39.4. The van der Waals surface area contributed by atoms with Crippen molar-refractivity contribution >= 4 is 23.8 Å². The van der Waals surface area contributed by atoms with E-state index in [9.17, 15) is 29.4 Å². The van der Waals surface area contributed by atoms with Crippen LogP contribution in [0, 0.1) is 28.6 Å². The van der Waals surface area contributed by atoms with E-state index >= 15 is 4.39 Å². The summed E-state index contributed by atoms with van der Waals surface area (Å²) < 4.78 is 27.8. The van der Waals surface area contributed by atoms with Gasteiger partial charge in [-0.1, -0.05) is 38.0 Å². The Morgan fingerprint density at radius 2 is 1.50 bits per heavy atom. The Bertz CT molecular complexity index is 1370. The van der Waals surface area contributed by atoms with Gasteiger partial charge in [0.05, 0.1) is 12.7 Å². The fraction of sp³-hybridized carbons (Fsp3) is 0.800. The van der Waals surface area contributed by atoms with Gasteiger partial charge in [-0.15, -0.1) is 0 Å². The smallest absolute Gasteiger partial charge is 0.407 e. The van der Waals surface area contributed by atoms with Gasteiger partial charge in [-0.25, -0.2) is 14.0 Å². The molecule has 0 spiro atoms. The van der Waals surface area contributed by atoms with Crippen LogP contribution in [0.15, 0.2) is 23.8 Å². The van der Waals surface area contributed by atoms with E-state index in [1.165, 1.54) is 6.08 Å². The van der Waals surface area contributed by atoms with Crippen LogP contribution in [0.1, 0.15) is 97.8 Å². The maximum atomic E-state index is 17.4. The lowest BCUT2D eigenvalue weighted by Crippen LogP contribution is -2.69. The highest BCUT2D eigenvalue weighted by atomic mass is 19.1. The molecule has 4 rings (SSSR count). The Labute approximate surface area is 320 Å². The first-order valence-electron chi connectivity index (χ1n) is 20.2. The number of alkyl halides is 1. The molecule has 0 bridgehead atoms. The standard InChI is InChI=1S/C40H66FN5O8/c1-28-24-32-31-13-12-29-25-30(47)14-15-37(29,2)39(31,41)33(48)26-38(32,3)40(28,52)34(49)27-54-36(51)45-21-6-4-5-9-23-53-35(50)46-22-11-20-44-18-8-7-17-43-19-10-16-42/h12,14-15,28,31-33,43-44,48,52H,4-11,13,16-27,42H2,1-3H3,(H,45,51)(H,46,50)/t28-,31?,32?,33?,37?,38?,39+,40+/m1/s1. The number of halogens is 1. The molecule has 4 aliphatic carbocycles. The molecule has 8 atom stereocenters. The molecule has 13 nitrogen and oxygen atoms in total. The average Bonchev–Trinajstić information content (AvgIpc) is 3.34. The van der Waals surface area contributed by atoms with Gasteiger partial charge in [-0.3, -0.25) is 9.59 Å². The fourth-order valence-corrected chi connectivity index (χ4v) is 9.71. The van der Waals surface area contributed by atoms with Crippen molar-refractivity contribution in [3.05, 3.63) is 23.8 Å². The molecule has 0 heterocycles. The summed E-state index contributed by atoms with van der Waals surface area (Å²) >= 11 is 0. The van der Waals surface area contributed by atoms with E-state index in [0.717, 1.165) is 64.7 Å². The summed E-state index contributed by atoms with van der Waals surface area (Å²) in [5, 5.41) is 35.7. The van der Waals surface area contributed by atoms with E-state index in [-0.39, 0.29) is 18.6 Å². The Balaban J connectivity index is 1.08. The number of unbranched alkanes of at least 4 members (excludes halogenated alkanes) is 4. The van der Waals surface area contributed by atoms with Crippen molar-refractivity contribution in [2.24, 2.45) is 34.3 Å². The number of fused-ring (bicyclic) bond motifs is 5. The number of hydrogen-bond donors (Lipinski definition) is 7. The minimum atomic E-state index is -2.06. The molecule has 306 valence electrons. The second-order valence-corrected chi connectivity index (χ2v) is 16.3. The number of alkyl carbamates (subject to hydrolysis) is 2. The third-order valence-electron chi connectivity index (χ3n) is 12.8. The molecule has 5 unspecified atom stereocenters. The Morgan fingerprint density at radius 1 is 0.889 bits per heavy atom. The normalized spacial score (nSPS) is 32.6. The number of amides is 2. The van der Waals surface area contributed by atoms with Gasteiger partial charge in [0.25, 0.3) is 0 Å². The van der Waals surface area contributed by atoms with E-state index in [2.05, 4.69) is 21.3 Å². The zero-order valence-corrected chi connectivity index (χ0v) is 32.7.